The SMILES string of the molecule is O=Cc1ccc(Br)c([N+](=O)[O-])c1C=O. The van der Waals surface area contributed by atoms with Gasteiger partial charge in [0.15, 0.2) is 12.6 Å². The van der Waals surface area contributed by atoms with Gasteiger partial charge in [-0.2, -0.15) is 0 Å². The van der Waals surface area contributed by atoms with E-state index in [-0.39, 0.29) is 21.3 Å². The normalized spacial score (nSPS) is 9.50. The summed E-state index contributed by atoms with van der Waals surface area (Å²) in [6.07, 6.45) is 0.704. The van der Waals surface area contributed by atoms with Crippen molar-refractivity contribution < 1.29 is 14.5 Å². The molecule has 0 spiro atoms. The molecule has 0 bridgehead atoms. The van der Waals surface area contributed by atoms with E-state index in [0.29, 0.717) is 12.6 Å². The summed E-state index contributed by atoms with van der Waals surface area (Å²) in [5.41, 5.74) is -0.584. The maximum atomic E-state index is 10.6. The zero-order valence-corrected chi connectivity index (χ0v) is 8.35. The van der Waals surface area contributed by atoms with Crippen LogP contribution in [0.15, 0.2) is 16.6 Å². The predicted octanol–water partition coefficient (Wildman–Crippen LogP) is 1.98. The number of carbonyl (C=O) groups is 2. The molecule has 0 aromatic heterocycles. The molecule has 0 saturated heterocycles. The van der Waals surface area contributed by atoms with Crippen LogP contribution in [-0.2, 0) is 0 Å². The molecule has 0 aliphatic heterocycles. The molecule has 14 heavy (non-hydrogen) atoms. The van der Waals surface area contributed by atoms with Gasteiger partial charge in [0.2, 0.25) is 0 Å². The maximum absolute atomic E-state index is 10.6. The van der Waals surface area contributed by atoms with Gasteiger partial charge >= 0.3 is 0 Å². The summed E-state index contributed by atoms with van der Waals surface area (Å²) in [5, 5.41) is 10.6. The minimum atomic E-state index is -0.708. The van der Waals surface area contributed by atoms with Crippen LogP contribution in [0.3, 0.4) is 0 Å². The largest absolute Gasteiger partial charge is 0.298 e. The van der Waals surface area contributed by atoms with Crippen molar-refractivity contribution >= 4 is 34.2 Å². The number of benzene rings is 1. The van der Waals surface area contributed by atoms with Gasteiger partial charge in [-0.3, -0.25) is 19.7 Å². The molecule has 0 radical (unpaired) electrons. The average molecular weight is 258 g/mol. The average Bonchev–Trinajstić information content (AvgIpc) is 2.16. The number of rotatable bonds is 3. The Morgan fingerprint density at radius 1 is 1.29 bits per heavy atom. The summed E-state index contributed by atoms with van der Waals surface area (Å²) < 4.78 is 0.176. The van der Waals surface area contributed by atoms with Crippen LogP contribution in [0.2, 0.25) is 0 Å². The highest BCUT2D eigenvalue weighted by atomic mass is 79.9. The Kier molecular flexibility index (Phi) is 3.08. The van der Waals surface area contributed by atoms with Gasteiger partial charge in [-0.15, -0.1) is 0 Å². The molecule has 0 saturated carbocycles. The van der Waals surface area contributed by atoms with Gasteiger partial charge in [0, 0.05) is 5.56 Å². The minimum Gasteiger partial charge on any atom is -0.298 e. The summed E-state index contributed by atoms with van der Waals surface area (Å²) in [4.78, 5) is 30.9. The standard InChI is InChI=1S/C8H4BrNO4/c9-7-2-1-5(3-11)6(4-12)8(7)10(13)14/h1-4H. The molecule has 1 aromatic rings. The van der Waals surface area contributed by atoms with Crippen molar-refractivity contribution in [2.24, 2.45) is 0 Å². The number of nitro groups is 1. The summed E-state index contributed by atoms with van der Waals surface area (Å²) in [5.74, 6) is 0. The minimum absolute atomic E-state index is 0.00917. The Morgan fingerprint density at radius 2 is 1.93 bits per heavy atom. The Hall–Kier alpha value is -1.56. The Bertz CT molecular complexity index is 416. The van der Waals surface area contributed by atoms with Crippen LogP contribution in [0, 0.1) is 10.1 Å². The molecule has 72 valence electrons. The first kappa shape index (κ1) is 10.5. The lowest BCUT2D eigenvalue weighted by Gasteiger charge is -2.00. The number of carbonyl (C=O) groups excluding carboxylic acids is 2. The zero-order valence-electron chi connectivity index (χ0n) is 6.77. The lowest BCUT2D eigenvalue weighted by Crippen LogP contribution is -1.99. The van der Waals surface area contributed by atoms with Crippen LogP contribution in [0.1, 0.15) is 20.7 Å². The molecule has 0 heterocycles. The van der Waals surface area contributed by atoms with E-state index in [0.717, 1.165) is 0 Å². The van der Waals surface area contributed by atoms with Gasteiger partial charge in [-0.05, 0) is 28.1 Å². The number of hydrogen-bond donors (Lipinski definition) is 0. The zero-order chi connectivity index (χ0) is 10.7. The predicted molar refractivity (Wildman–Crippen MR) is 51.6 cm³/mol. The smallest absolute Gasteiger partial charge is 0.294 e. The number of nitrogens with zero attached hydrogens (tertiary/aromatic N) is 1. The molecule has 0 unspecified atom stereocenters. The van der Waals surface area contributed by atoms with Crippen LogP contribution in [0.25, 0.3) is 0 Å². The maximum Gasteiger partial charge on any atom is 0.294 e. The molecule has 0 aliphatic carbocycles. The van der Waals surface area contributed by atoms with Crippen molar-refractivity contribution in [3.8, 4) is 0 Å². The molecular weight excluding hydrogens is 254 g/mol. The van der Waals surface area contributed by atoms with Crippen molar-refractivity contribution in [1.82, 2.24) is 0 Å². The topological polar surface area (TPSA) is 77.3 Å². The van der Waals surface area contributed by atoms with Gasteiger partial charge in [0.1, 0.15) is 5.56 Å². The molecule has 0 aliphatic rings. The van der Waals surface area contributed by atoms with Crippen LogP contribution in [-0.4, -0.2) is 17.5 Å². The molecule has 0 atom stereocenters. The van der Waals surface area contributed by atoms with Gasteiger partial charge in [0.25, 0.3) is 5.69 Å². The summed E-state index contributed by atoms with van der Waals surface area (Å²) in [6, 6.07) is 2.70. The molecular formula is C8H4BrNO4. The van der Waals surface area contributed by atoms with E-state index in [1.54, 1.807) is 0 Å². The highest BCUT2D eigenvalue weighted by molar-refractivity contribution is 9.10. The van der Waals surface area contributed by atoms with E-state index < -0.39 is 4.92 Å². The molecule has 1 rings (SSSR count). The number of halogens is 1. The number of aldehydes is 2. The summed E-state index contributed by atoms with van der Waals surface area (Å²) in [6.45, 7) is 0. The van der Waals surface area contributed by atoms with Crippen LogP contribution in [0.5, 0.6) is 0 Å². The first-order valence-electron chi connectivity index (χ1n) is 3.49. The Balaban J connectivity index is 3.58. The molecule has 1 aromatic carbocycles. The summed E-state index contributed by atoms with van der Waals surface area (Å²) in [7, 11) is 0. The molecule has 6 heteroatoms. The third-order valence-electron chi connectivity index (χ3n) is 1.63. The molecule has 0 fully saturated rings. The van der Waals surface area contributed by atoms with E-state index in [2.05, 4.69) is 15.9 Å². The lowest BCUT2D eigenvalue weighted by atomic mass is 10.1. The Labute approximate surface area is 87.0 Å². The van der Waals surface area contributed by atoms with Gasteiger partial charge < -0.3 is 0 Å². The third-order valence-corrected chi connectivity index (χ3v) is 2.27. The van der Waals surface area contributed by atoms with Gasteiger partial charge in [0.05, 0.1) is 9.40 Å². The molecule has 5 nitrogen and oxygen atoms in total. The van der Waals surface area contributed by atoms with Crippen molar-refractivity contribution in [1.29, 1.82) is 0 Å². The van der Waals surface area contributed by atoms with Crippen molar-refractivity contribution in [3.63, 3.8) is 0 Å². The van der Waals surface area contributed by atoms with E-state index in [1.807, 2.05) is 0 Å². The molecule has 0 N–H and O–H groups in total. The fraction of sp³-hybridized carbons (Fsp3) is 0. The fourth-order valence-corrected chi connectivity index (χ4v) is 1.50. The van der Waals surface area contributed by atoms with E-state index >= 15 is 0 Å². The second kappa shape index (κ2) is 4.10. The highest BCUT2D eigenvalue weighted by Gasteiger charge is 2.20. The Morgan fingerprint density at radius 3 is 2.36 bits per heavy atom. The fourth-order valence-electron chi connectivity index (χ4n) is 1.01. The number of nitro benzene ring substituents is 1. The van der Waals surface area contributed by atoms with Crippen LogP contribution in [0.4, 0.5) is 5.69 Å². The third kappa shape index (κ3) is 1.69. The first-order valence-corrected chi connectivity index (χ1v) is 4.28. The van der Waals surface area contributed by atoms with Crippen LogP contribution < -0.4 is 0 Å². The van der Waals surface area contributed by atoms with Crippen molar-refractivity contribution in [2.45, 2.75) is 0 Å². The second-order valence-electron chi connectivity index (χ2n) is 2.39. The van der Waals surface area contributed by atoms with Gasteiger partial charge in [-0.1, -0.05) is 0 Å². The monoisotopic (exact) mass is 257 g/mol. The first-order chi connectivity index (χ1) is 6.61. The van der Waals surface area contributed by atoms with Crippen molar-refractivity contribution in [2.75, 3.05) is 0 Å². The van der Waals surface area contributed by atoms with E-state index in [1.165, 1.54) is 12.1 Å². The highest BCUT2D eigenvalue weighted by Crippen LogP contribution is 2.29. The van der Waals surface area contributed by atoms with Crippen LogP contribution >= 0.6 is 15.9 Å². The second-order valence-corrected chi connectivity index (χ2v) is 3.25. The molecule has 0 amide bonds. The summed E-state index contributed by atoms with van der Waals surface area (Å²) >= 11 is 2.94. The van der Waals surface area contributed by atoms with Gasteiger partial charge in [-0.25, -0.2) is 0 Å². The van der Waals surface area contributed by atoms with E-state index in [9.17, 15) is 19.7 Å². The van der Waals surface area contributed by atoms with Crippen molar-refractivity contribution in [3.05, 3.63) is 37.8 Å². The van der Waals surface area contributed by atoms with E-state index in [4.69, 9.17) is 0 Å². The number of hydrogen-bond acceptors (Lipinski definition) is 4. The quantitative estimate of drug-likeness (QED) is 0.471. The lowest BCUT2D eigenvalue weighted by molar-refractivity contribution is -0.385.